The van der Waals surface area contributed by atoms with Gasteiger partial charge < -0.3 is 10.6 Å². The van der Waals surface area contributed by atoms with Crippen molar-refractivity contribution in [2.45, 2.75) is 51.7 Å². The molecule has 134 valence electrons. The van der Waals surface area contributed by atoms with Crippen LogP contribution in [-0.4, -0.2) is 31.8 Å². The van der Waals surface area contributed by atoms with Gasteiger partial charge in [0.05, 0.1) is 0 Å². The molecular weight excluding hydrogens is 438 g/mol. The summed E-state index contributed by atoms with van der Waals surface area (Å²) in [6.45, 7) is 4.62. The molecule has 0 saturated carbocycles. The Morgan fingerprint density at radius 3 is 2.52 bits per heavy atom. The molecule has 0 aliphatic heterocycles. The Hall–Kier alpha value is -0.510. The second-order valence-electron chi connectivity index (χ2n) is 5.33. The van der Waals surface area contributed by atoms with Crippen LogP contribution >= 0.6 is 35.3 Å². The van der Waals surface area contributed by atoms with Crippen LogP contribution in [0.2, 0.25) is 0 Å². The van der Waals surface area contributed by atoms with E-state index in [2.05, 4.69) is 41.6 Å². The highest BCUT2D eigenvalue weighted by atomic mass is 127. The lowest BCUT2D eigenvalue weighted by atomic mass is 10.2. The van der Waals surface area contributed by atoms with E-state index >= 15 is 0 Å². The first-order valence-electron chi connectivity index (χ1n) is 7.39. The van der Waals surface area contributed by atoms with E-state index in [0.717, 1.165) is 6.42 Å². The van der Waals surface area contributed by atoms with Crippen LogP contribution in [0, 0.1) is 6.92 Å². The topological polar surface area (TPSA) is 36.4 Å². The van der Waals surface area contributed by atoms with Crippen LogP contribution < -0.4 is 10.6 Å². The molecule has 0 saturated heterocycles. The maximum absolute atomic E-state index is 12.0. The van der Waals surface area contributed by atoms with Crippen LogP contribution in [0.4, 0.5) is 13.2 Å². The lowest BCUT2D eigenvalue weighted by Crippen LogP contribution is -2.43. The first kappa shape index (κ1) is 22.5. The number of unbranched alkanes of at least 4 members (excludes halogenated alkanes) is 1. The van der Waals surface area contributed by atoms with Crippen molar-refractivity contribution < 1.29 is 13.2 Å². The van der Waals surface area contributed by atoms with Gasteiger partial charge in [0.15, 0.2) is 5.96 Å². The van der Waals surface area contributed by atoms with Crippen LogP contribution in [0.5, 0.6) is 0 Å². The van der Waals surface area contributed by atoms with Crippen LogP contribution in [0.3, 0.4) is 0 Å². The Bertz CT molecular complexity index is 475. The van der Waals surface area contributed by atoms with Gasteiger partial charge in [-0.2, -0.15) is 13.2 Å². The first-order chi connectivity index (χ1) is 10.3. The molecule has 1 unspecified atom stereocenters. The molecule has 1 atom stereocenters. The Labute approximate surface area is 157 Å². The number of aryl methyl sites for hydroxylation is 1. The Kier molecular flexibility index (Phi) is 10.9. The third-order valence-corrected chi connectivity index (χ3v) is 4.11. The third kappa shape index (κ3) is 10.8. The maximum atomic E-state index is 12.0. The van der Waals surface area contributed by atoms with E-state index < -0.39 is 12.6 Å². The smallest absolute Gasteiger partial charge is 0.356 e. The van der Waals surface area contributed by atoms with Crippen molar-refractivity contribution in [2.24, 2.45) is 4.99 Å². The summed E-state index contributed by atoms with van der Waals surface area (Å²) in [6, 6.07) is 4.42. The number of hydrogen-bond acceptors (Lipinski definition) is 2. The fourth-order valence-corrected chi connectivity index (χ4v) is 3.05. The zero-order valence-electron chi connectivity index (χ0n) is 13.7. The fraction of sp³-hybridized carbons (Fsp3) is 0.667. The normalized spacial score (nSPS) is 13.4. The number of hydrogen-bond donors (Lipinski definition) is 2. The van der Waals surface area contributed by atoms with Crippen molar-refractivity contribution in [1.82, 2.24) is 10.6 Å². The molecule has 0 bridgehead atoms. The standard InChI is InChI=1S/C15H24F3N3S.HI/c1-11(10-13-7-6-12(2)22-13)21-14(19-3)20-9-5-4-8-15(16,17)18;/h6-7,11H,4-5,8-10H2,1-3H3,(H2,19,20,21);1H. The molecule has 0 aliphatic rings. The summed E-state index contributed by atoms with van der Waals surface area (Å²) < 4.78 is 36.1. The average molecular weight is 463 g/mol. The third-order valence-electron chi connectivity index (χ3n) is 3.09. The van der Waals surface area contributed by atoms with E-state index in [9.17, 15) is 13.2 Å². The summed E-state index contributed by atoms with van der Waals surface area (Å²) in [4.78, 5) is 6.69. The summed E-state index contributed by atoms with van der Waals surface area (Å²) in [5.74, 6) is 0.632. The van der Waals surface area contributed by atoms with Gasteiger partial charge >= 0.3 is 6.18 Å². The molecular formula is C15H25F3IN3S. The first-order valence-corrected chi connectivity index (χ1v) is 8.21. The maximum Gasteiger partial charge on any atom is 0.389 e. The van der Waals surface area contributed by atoms with Gasteiger partial charge in [-0.15, -0.1) is 35.3 Å². The molecule has 1 aromatic heterocycles. The fourth-order valence-electron chi connectivity index (χ4n) is 2.03. The molecule has 0 fully saturated rings. The minimum atomic E-state index is -4.06. The predicted octanol–water partition coefficient (Wildman–Crippen LogP) is 4.50. The zero-order chi connectivity index (χ0) is 16.6. The van der Waals surface area contributed by atoms with Crippen molar-refractivity contribution in [2.75, 3.05) is 13.6 Å². The number of nitrogens with one attached hydrogen (secondary N) is 2. The van der Waals surface area contributed by atoms with Gasteiger partial charge in [0, 0.05) is 42.2 Å². The zero-order valence-corrected chi connectivity index (χ0v) is 16.8. The van der Waals surface area contributed by atoms with E-state index in [1.165, 1.54) is 9.75 Å². The van der Waals surface area contributed by atoms with Gasteiger partial charge in [0.2, 0.25) is 0 Å². The summed E-state index contributed by atoms with van der Waals surface area (Å²) >= 11 is 1.77. The highest BCUT2D eigenvalue weighted by molar-refractivity contribution is 14.0. The lowest BCUT2D eigenvalue weighted by molar-refractivity contribution is -0.135. The van der Waals surface area contributed by atoms with E-state index in [4.69, 9.17) is 0 Å². The number of rotatable bonds is 7. The SMILES string of the molecule is CN=C(NCCCCC(F)(F)F)NC(C)Cc1ccc(C)s1.I. The lowest BCUT2D eigenvalue weighted by Gasteiger charge is -2.17. The molecule has 23 heavy (non-hydrogen) atoms. The van der Waals surface area contributed by atoms with Crippen molar-refractivity contribution in [3.8, 4) is 0 Å². The summed E-state index contributed by atoms with van der Waals surface area (Å²) in [6.07, 6.45) is -3.29. The number of nitrogens with zero attached hydrogens (tertiary/aromatic N) is 1. The second kappa shape index (κ2) is 11.1. The minimum absolute atomic E-state index is 0. The largest absolute Gasteiger partial charge is 0.389 e. The average Bonchev–Trinajstić information content (AvgIpc) is 2.80. The highest BCUT2D eigenvalue weighted by Crippen LogP contribution is 2.21. The van der Waals surface area contributed by atoms with Gasteiger partial charge in [-0.05, 0) is 38.8 Å². The van der Waals surface area contributed by atoms with Crippen LogP contribution in [0.25, 0.3) is 0 Å². The minimum Gasteiger partial charge on any atom is -0.356 e. The van der Waals surface area contributed by atoms with E-state index in [1.54, 1.807) is 18.4 Å². The van der Waals surface area contributed by atoms with Gasteiger partial charge in [-0.1, -0.05) is 0 Å². The molecule has 0 amide bonds. The Morgan fingerprint density at radius 1 is 1.30 bits per heavy atom. The number of thiophene rings is 1. The number of guanidine groups is 1. The Balaban J connectivity index is 0.00000484. The molecule has 8 heteroatoms. The van der Waals surface area contributed by atoms with E-state index in [-0.39, 0.29) is 36.4 Å². The van der Waals surface area contributed by atoms with E-state index in [1.807, 2.05) is 0 Å². The number of aliphatic imine (C=N–C) groups is 1. The molecule has 0 aliphatic carbocycles. The van der Waals surface area contributed by atoms with Crippen molar-refractivity contribution in [3.63, 3.8) is 0 Å². The number of halogens is 4. The van der Waals surface area contributed by atoms with Gasteiger partial charge in [0.1, 0.15) is 0 Å². The number of alkyl halides is 3. The van der Waals surface area contributed by atoms with Crippen LogP contribution in [-0.2, 0) is 6.42 Å². The monoisotopic (exact) mass is 463 g/mol. The van der Waals surface area contributed by atoms with Gasteiger partial charge in [-0.25, -0.2) is 0 Å². The summed E-state index contributed by atoms with van der Waals surface area (Å²) in [5.41, 5.74) is 0. The van der Waals surface area contributed by atoms with E-state index in [0.29, 0.717) is 18.9 Å². The molecule has 0 spiro atoms. The highest BCUT2D eigenvalue weighted by Gasteiger charge is 2.25. The summed E-state index contributed by atoms with van der Waals surface area (Å²) in [7, 11) is 1.66. The van der Waals surface area contributed by atoms with Crippen molar-refractivity contribution in [1.29, 1.82) is 0 Å². The molecule has 2 N–H and O–H groups in total. The van der Waals surface area contributed by atoms with Crippen LogP contribution in [0.1, 0.15) is 35.9 Å². The molecule has 1 aromatic rings. The van der Waals surface area contributed by atoms with Crippen LogP contribution in [0.15, 0.2) is 17.1 Å². The molecule has 3 nitrogen and oxygen atoms in total. The quantitative estimate of drug-likeness (QED) is 0.270. The molecule has 0 radical (unpaired) electrons. The van der Waals surface area contributed by atoms with Gasteiger partial charge in [0.25, 0.3) is 0 Å². The molecule has 1 heterocycles. The van der Waals surface area contributed by atoms with Gasteiger partial charge in [-0.3, -0.25) is 4.99 Å². The molecule has 0 aromatic carbocycles. The van der Waals surface area contributed by atoms with Crippen molar-refractivity contribution in [3.05, 3.63) is 21.9 Å². The second-order valence-corrected chi connectivity index (χ2v) is 6.71. The summed E-state index contributed by atoms with van der Waals surface area (Å²) in [5, 5.41) is 6.31. The predicted molar refractivity (Wildman–Crippen MR) is 102 cm³/mol. The van der Waals surface area contributed by atoms with Crippen molar-refractivity contribution >= 4 is 41.3 Å². The Morgan fingerprint density at radius 2 is 2.00 bits per heavy atom. The molecule has 1 rings (SSSR count).